The van der Waals surface area contributed by atoms with Crippen LogP contribution in [-0.2, 0) is 0 Å². The van der Waals surface area contributed by atoms with E-state index in [1.165, 1.54) is 51.9 Å². The van der Waals surface area contributed by atoms with Crippen LogP contribution in [0, 0.1) is 0 Å². The van der Waals surface area contributed by atoms with E-state index in [1.54, 1.807) is 0 Å². The zero-order chi connectivity index (χ0) is 12.7. The average molecular weight is 241 g/mol. The van der Waals surface area contributed by atoms with Crippen molar-refractivity contribution in [3.05, 3.63) is 0 Å². The Hall–Kier alpha value is -0.120. The number of hydrogen-bond donors (Lipinski definition) is 1. The topological polar surface area (TPSA) is 18.5 Å². The average Bonchev–Trinajstić information content (AvgIpc) is 2.46. The molecule has 17 heavy (non-hydrogen) atoms. The summed E-state index contributed by atoms with van der Waals surface area (Å²) in [6, 6.07) is 1.40. The van der Waals surface area contributed by atoms with Gasteiger partial charge < -0.3 is 10.2 Å². The van der Waals surface area contributed by atoms with E-state index in [4.69, 9.17) is 0 Å². The van der Waals surface area contributed by atoms with Crippen LogP contribution >= 0.6 is 0 Å². The van der Waals surface area contributed by atoms with Gasteiger partial charge in [0.25, 0.3) is 0 Å². The third-order valence-corrected chi connectivity index (χ3v) is 4.01. The molecule has 0 aliphatic carbocycles. The van der Waals surface area contributed by atoms with Crippen molar-refractivity contribution in [2.75, 3.05) is 40.3 Å². The Morgan fingerprint density at radius 2 is 2.06 bits per heavy atom. The van der Waals surface area contributed by atoms with Gasteiger partial charge in [-0.2, -0.15) is 0 Å². The lowest BCUT2D eigenvalue weighted by molar-refractivity contribution is 0.198. The molecule has 0 aromatic rings. The normalized spacial score (nSPS) is 25.8. The van der Waals surface area contributed by atoms with E-state index in [-0.39, 0.29) is 0 Å². The highest BCUT2D eigenvalue weighted by Gasteiger charge is 2.18. The maximum atomic E-state index is 3.31. The van der Waals surface area contributed by atoms with Gasteiger partial charge in [-0.15, -0.1) is 0 Å². The van der Waals surface area contributed by atoms with E-state index in [1.807, 2.05) is 0 Å². The Labute approximate surface area is 108 Å². The lowest BCUT2D eigenvalue weighted by Gasteiger charge is -2.27. The molecule has 1 aliphatic rings. The van der Waals surface area contributed by atoms with E-state index in [2.05, 4.69) is 43.1 Å². The second kappa shape index (κ2) is 8.06. The molecular formula is C14H31N3. The summed E-state index contributed by atoms with van der Waals surface area (Å²) in [4.78, 5) is 5.14. The molecule has 0 bridgehead atoms. The molecule has 0 saturated carbocycles. The molecule has 0 amide bonds. The van der Waals surface area contributed by atoms with Gasteiger partial charge >= 0.3 is 0 Å². The summed E-state index contributed by atoms with van der Waals surface area (Å²) in [5.74, 6) is 0. The van der Waals surface area contributed by atoms with E-state index < -0.39 is 0 Å². The van der Waals surface area contributed by atoms with Crippen molar-refractivity contribution in [2.45, 2.75) is 51.6 Å². The Balaban J connectivity index is 2.17. The highest BCUT2D eigenvalue weighted by molar-refractivity contribution is 4.75. The quantitative estimate of drug-likeness (QED) is 0.715. The predicted octanol–water partition coefficient (Wildman–Crippen LogP) is 1.79. The van der Waals surface area contributed by atoms with Gasteiger partial charge in [0.05, 0.1) is 0 Å². The molecule has 1 aliphatic heterocycles. The van der Waals surface area contributed by atoms with Crippen molar-refractivity contribution in [1.82, 2.24) is 15.1 Å². The molecule has 0 spiro atoms. The Morgan fingerprint density at radius 3 is 2.76 bits per heavy atom. The first-order valence-electron chi connectivity index (χ1n) is 7.23. The van der Waals surface area contributed by atoms with Crippen LogP contribution in [0.1, 0.15) is 39.5 Å². The van der Waals surface area contributed by atoms with Gasteiger partial charge in [-0.3, -0.25) is 4.90 Å². The number of likely N-dealkylation sites (N-methyl/N-ethyl adjacent to an activating group) is 1. The number of unbranched alkanes of at least 4 members (excludes halogenated alkanes) is 1. The molecular weight excluding hydrogens is 210 g/mol. The molecule has 0 radical (unpaired) electrons. The second-order valence-electron chi connectivity index (χ2n) is 5.69. The summed E-state index contributed by atoms with van der Waals surface area (Å²) in [5.41, 5.74) is 0. The van der Waals surface area contributed by atoms with Gasteiger partial charge in [-0.1, -0.05) is 6.42 Å². The van der Waals surface area contributed by atoms with E-state index in [0.29, 0.717) is 6.04 Å². The highest BCUT2D eigenvalue weighted by Crippen LogP contribution is 2.10. The van der Waals surface area contributed by atoms with Crippen molar-refractivity contribution in [3.8, 4) is 0 Å². The monoisotopic (exact) mass is 241 g/mol. The third-order valence-electron chi connectivity index (χ3n) is 4.01. The Morgan fingerprint density at radius 1 is 1.29 bits per heavy atom. The van der Waals surface area contributed by atoms with Gasteiger partial charge in [0.2, 0.25) is 0 Å². The first-order valence-corrected chi connectivity index (χ1v) is 7.23. The van der Waals surface area contributed by atoms with Crippen LogP contribution in [0.2, 0.25) is 0 Å². The maximum Gasteiger partial charge on any atom is 0.0194 e. The van der Waals surface area contributed by atoms with Crippen molar-refractivity contribution < 1.29 is 0 Å². The summed E-state index contributed by atoms with van der Waals surface area (Å²) < 4.78 is 0. The zero-order valence-electron chi connectivity index (χ0n) is 12.2. The Kier molecular flexibility index (Phi) is 7.09. The largest absolute Gasteiger partial charge is 0.317 e. The van der Waals surface area contributed by atoms with Crippen LogP contribution in [0.3, 0.4) is 0 Å². The van der Waals surface area contributed by atoms with Crippen LogP contribution in [-0.4, -0.2) is 62.2 Å². The van der Waals surface area contributed by atoms with Crippen LogP contribution in [0.25, 0.3) is 0 Å². The van der Waals surface area contributed by atoms with Gasteiger partial charge in [0.1, 0.15) is 0 Å². The number of nitrogens with zero attached hydrogens (tertiary/aromatic N) is 2. The highest BCUT2D eigenvalue weighted by atomic mass is 15.2. The van der Waals surface area contributed by atoms with E-state index in [0.717, 1.165) is 6.04 Å². The van der Waals surface area contributed by atoms with Crippen molar-refractivity contribution in [2.24, 2.45) is 0 Å². The third kappa shape index (κ3) is 5.84. The molecule has 3 nitrogen and oxygen atoms in total. The van der Waals surface area contributed by atoms with Gasteiger partial charge in [-0.05, 0) is 66.8 Å². The van der Waals surface area contributed by atoms with E-state index in [9.17, 15) is 0 Å². The van der Waals surface area contributed by atoms with Crippen molar-refractivity contribution >= 4 is 0 Å². The molecule has 2 unspecified atom stereocenters. The summed E-state index contributed by atoms with van der Waals surface area (Å²) in [7, 11) is 4.30. The number of rotatable bonds is 6. The number of hydrogen-bond acceptors (Lipinski definition) is 3. The standard InChI is InChI=1S/C14H31N3/c1-13(15-3)8-5-6-10-17-11-7-9-16(4)12-14(17)2/h13-15H,5-12H2,1-4H3. The fourth-order valence-corrected chi connectivity index (χ4v) is 2.66. The van der Waals surface area contributed by atoms with Crippen LogP contribution in [0.15, 0.2) is 0 Å². The first-order chi connectivity index (χ1) is 8.13. The van der Waals surface area contributed by atoms with Crippen LogP contribution < -0.4 is 5.32 Å². The molecule has 3 heteroatoms. The lowest BCUT2D eigenvalue weighted by Crippen LogP contribution is -2.38. The molecule has 102 valence electrons. The molecule has 1 rings (SSSR count). The van der Waals surface area contributed by atoms with Crippen LogP contribution in [0.4, 0.5) is 0 Å². The fourth-order valence-electron chi connectivity index (χ4n) is 2.66. The number of nitrogens with one attached hydrogen (secondary N) is 1. The minimum absolute atomic E-state index is 0.669. The SMILES string of the molecule is CNC(C)CCCCN1CCCN(C)CC1C. The van der Waals surface area contributed by atoms with Gasteiger partial charge in [-0.25, -0.2) is 0 Å². The molecule has 1 N–H and O–H groups in total. The molecule has 1 heterocycles. The minimum atomic E-state index is 0.669. The summed E-state index contributed by atoms with van der Waals surface area (Å²) in [5, 5.41) is 3.31. The first kappa shape index (κ1) is 14.9. The lowest BCUT2D eigenvalue weighted by atomic mass is 10.1. The van der Waals surface area contributed by atoms with E-state index >= 15 is 0 Å². The molecule has 1 fully saturated rings. The summed E-state index contributed by atoms with van der Waals surface area (Å²) in [6.45, 7) is 9.70. The van der Waals surface area contributed by atoms with Crippen molar-refractivity contribution in [1.29, 1.82) is 0 Å². The van der Waals surface area contributed by atoms with Crippen LogP contribution in [0.5, 0.6) is 0 Å². The molecule has 1 saturated heterocycles. The van der Waals surface area contributed by atoms with Gasteiger partial charge in [0, 0.05) is 18.6 Å². The minimum Gasteiger partial charge on any atom is -0.317 e. The summed E-state index contributed by atoms with van der Waals surface area (Å²) >= 11 is 0. The predicted molar refractivity (Wildman–Crippen MR) is 75.5 cm³/mol. The molecule has 0 aromatic carbocycles. The summed E-state index contributed by atoms with van der Waals surface area (Å²) in [6.07, 6.45) is 5.33. The maximum absolute atomic E-state index is 3.31. The van der Waals surface area contributed by atoms with Crippen molar-refractivity contribution in [3.63, 3.8) is 0 Å². The smallest absolute Gasteiger partial charge is 0.0194 e. The zero-order valence-corrected chi connectivity index (χ0v) is 12.2. The molecule has 2 atom stereocenters. The Bertz CT molecular complexity index is 196. The second-order valence-corrected chi connectivity index (χ2v) is 5.69. The molecule has 0 aromatic heterocycles. The van der Waals surface area contributed by atoms with Gasteiger partial charge in [0.15, 0.2) is 0 Å². The fraction of sp³-hybridized carbons (Fsp3) is 1.00.